The number of carbonyl (C=O) groups is 1. The normalized spacial score (nSPS) is 14.4. The molecule has 0 rings (SSSR count). The summed E-state index contributed by atoms with van der Waals surface area (Å²) >= 11 is 0. The number of hydrogen-bond donors (Lipinski definition) is 1. The van der Waals surface area contributed by atoms with Crippen LogP contribution in [0.5, 0.6) is 0 Å². The number of unbranched alkanes of at least 4 members (excludes halogenated alkanes) is 2. The summed E-state index contributed by atoms with van der Waals surface area (Å²) in [5.74, 6) is -0.147. The van der Waals surface area contributed by atoms with Crippen molar-refractivity contribution in [1.82, 2.24) is 10.2 Å². The van der Waals surface area contributed by atoms with Gasteiger partial charge >= 0.3 is 5.97 Å². The molecular weight excluding hydrogens is 240 g/mol. The number of nitrogens with zero attached hydrogens (tertiary/aromatic N) is 1. The number of likely N-dealkylation sites (N-methyl/N-ethyl adjacent to an activating group) is 1. The Bertz CT molecular complexity index is 246. The minimum atomic E-state index is -0.604. The first-order valence-corrected chi connectivity index (χ1v) is 7.61. The van der Waals surface area contributed by atoms with Crippen molar-refractivity contribution in [3.05, 3.63) is 0 Å². The van der Waals surface area contributed by atoms with E-state index in [1.807, 2.05) is 13.8 Å². The number of nitrogens with one attached hydrogen (secondary N) is 1. The molecule has 114 valence electrons. The Balaban J connectivity index is 4.43. The van der Waals surface area contributed by atoms with Gasteiger partial charge in [0.05, 0.1) is 6.61 Å². The van der Waals surface area contributed by atoms with Crippen molar-refractivity contribution in [2.75, 3.05) is 33.3 Å². The fourth-order valence-corrected chi connectivity index (χ4v) is 2.13. The molecule has 0 aromatic carbocycles. The van der Waals surface area contributed by atoms with Gasteiger partial charge in [-0.15, -0.1) is 0 Å². The van der Waals surface area contributed by atoms with Crippen molar-refractivity contribution in [1.29, 1.82) is 0 Å². The second-order valence-corrected chi connectivity index (χ2v) is 5.42. The molecule has 0 amide bonds. The van der Waals surface area contributed by atoms with Crippen LogP contribution < -0.4 is 5.32 Å². The van der Waals surface area contributed by atoms with E-state index in [4.69, 9.17) is 4.74 Å². The predicted octanol–water partition coefficient (Wildman–Crippen LogP) is 2.43. The molecule has 4 heteroatoms. The van der Waals surface area contributed by atoms with Gasteiger partial charge in [0.15, 0.2) is 0 Å². The van der Waals surface area contributed by atoms with Gasteiger partial charge in [-0.3, -0.25) is 4.79 Å². The standard InChI is InChI=1S/C15H32N2O2/c1-6-9-10-12-17(5)13-15(4,16-11-7-2)14(18)19-8-3/h16H,6-13H2,1-5H3. The quantitative estimate of drug-likeness (QED) is 0.463. The highest BCUT2D eigenvalue weighted by Gasteiger charge is 2.35. The molecule has 0 bridgehead atoms. The Morgan fingerprint density at radius 3 is 2.42 bits per heavy atom. The molecule has 0 aliphatic carbocycles. The minimum Gasteiger partial charge on any atom is -0.465 e. The van der Waals surface area contributed by atoms with Crippen LogP contribution >= 0.6 is 0 Å². The topological polar surface area (TPSA) is 41.6 Å². The second kappa shape index (κ2) is 10.2. The number of hydrogen-bond acceptors (Lipinski definition) is 4. The maximum atomic E-state index is 12.1. The zero-order valence-electron chi connectivity index (χ0n) is 13.4. The van der Waals surface area contributed by atoms with Crippen LogP contribution in [0.15, 0.2) is 0 Å². The molecule has 0 aromatic heterocycles. The van der Waals surface area contributed by atoms with Crippen molar-refractivity contribution in [3.8, 4) is 0 Å². The van der Waals surface area contributed by atoms with Crippen LogP contribution in [-0.4, -0.2) is 49.7 Å². The highest BCUT2D eigenvalue weighted by Crippen LogP contribution is 2.10. The zero-order chi connectivity index (χ0) is 14.7. The second-order valence-electron chi connectivity index (χ2n) is 5.42. The maximum Gasteiger partial charge on any atom is 0.327 e. The maximum absolute atomic E-state index is 12.1. The molecule has 0 saturated carbocycles. The molecule has 1 N–H and O–H groups in total. The van der Waals surface area contributed by atoms with Crippen molar-refractivity contribution in [2.24, 2.45) is 0 Å². The summed E-state index contributed by atoms with van der Waals surface area (Å²) in [5, 5.41) is 3.34. The minimum absolute atomic E-state index is 0.147. The molecule has 0 aliphatic heterocycles. The predicted molar refractivity (Wildman–Crippen MR) is 80.4 cm³/mol. The van der Waals surface area contributed by atoms with Crippen LogP contribution in [0.3, 0.4) is 0 Å². The number of esters is 1. The molecule has 0 radical (unpaired) electrons. The van der Waals surface area contributed by atoms with E-state index in [0.29, 0.717) is 13.2 Å². The number of rotatable bonds is 11. The molecule has 0 aromatic rings. The molecule has 4 nitrogen and oxygen atoms in total. The Labute approximate surface area is 118 Å². The van der Waals surface area contributed by atoms with Gasteiger partial charge in [0.2, 0.25) is 0 Å². The molecule has 0 fully saturated rings. The summed E-state index contributed by atoms with van der Waals surface area (Å²) in [7, 11) is 2.07. The SMILES string of the molecule is CCCCCN(C)CC(C)(NCCC)C(=O)OCC. The van der Waals surface area contributed by atoms with Crippen molar-refractivity contribution in [2.45, 2.75) is 58.9 Å². The zero-order valence-corrected chi connectivity index (χ0v) is 13.4. The summed E-state index contributed by atoms with van der Waals surface area (Å²) < 4.78 is 5.20. The summed E-state index contributed by atoms with van der Waals surface area (Å²) in [6, 6.07) is 0. The first-order valence-electron chi connectivity index (χ1n) is 7.61. The van der Waals surface area contributed by atoms with E-state index in [9.17, 15) is 4.79 Å². The van der Waals surface area contributed by atoms with Crippen LogP contribution in [0, 0.1) is 0 Å². The van der Waals surface area contributed by atoms with Gasteiger partial charge in [-0.05, 0) is 46.8 Å². The van der Waals surface area contributed by atoms with E-state index in [1.165, 1.54) is 19.3 Å². The Morgan fingerprint density at radius 2 is 1.89 bits per heavy atom. The van der Waals surface area contributed by atoms with Crippen LogP contribution in [0.2, 0.25) is 0 Å². The van der Waals surface area contributed by atoms with Gasteiger partial charge in [-0.1, -0.05) is 26.7 Å². The summed E-state index contributed by atoms with van der Waals surface area (Å²) in [6.45, 7) is 11.1. The molecule has 0 heterocycles. The summed E-state index contributed by atoms with van der Waals surface area (Å²) in [4.78, 5) is 14.3. The third-order valence-corrected chi connectivity index (χ3v) is 3.22. The van der Waals surface area contributed by atoms with Crippen molar-refractivity contribution >= 4 is 5.97 Å². The largest absolute Gasteiger partial charge is 0.465 e. The number of carbonyl (C=O) groups excluding carboxylic acids is 1. The van der Waals surface area contributed by atoms with Crippen LogP contribution in [0.4, 0.5) is 0 Å². The van der Waals surface area contributed by atoms with Gasteiger partial charge in [0.1, 0.15) is 5.54 Å². The van der Waals surface area contributed by atoms with Gasteiger partial charge in [0.25, 0.3) is 0 Å². The fraction of sp³-hybridized carbons (Fsp3) is 0.933. The average Bonchev–Trinajstić information content (AvgIpc) is 2.37. The highest BCUT2D eigenvalue weighted by atomic mass is 16.5. The van der Waals surface area contributed by atoms with Crippen molar-refractivity contribution in [3.63, 3.8) is 0 Å². The highest BCUT2D eigenvalue weighted by molar-refractivity contribution is 5.80. The molecule has 0 saturated heterocycles. The lowest BCUT2D eigenvalue weighted by molar-refractivity contribution is -0.151. The van der Waals surface area contributed by atoms with Gasteiger partial charge in [-0.2, -0.15) is 0 Å². The average molecular weight is 272 g/mol. The van der Waals surface area contributed by atoms with E-state index >= 15 is 0 Å². The monoisotopic (exact) mass is 272 g/mol. The first kappa shape index (κ1) is 18.4. The lowest BCUT2D eigenvalue weighted by Gasteiger charge is -2.32. The van der Waals surface area contributed by atoms with E-state index < -0.39 is 5.54 Å². The molecule has 1 unspecified atom stereocenters. The summed E-state index contributed by atoms with van der Waals surface area (Å²) in [5.41, 5.74) is -0.604. The van der Waals surface area contributed by atoms with Gasteiger partial charge in [0, 0.05) is 6.54 Å². The van der Waals surface area contributed by atoms with E-state index in [1.54, 1.807) is 0 Å². The van der Waals surface area contributed by atoms with E-state index in [0.717, 1.165) is 19.5 Å². The third kappa shape index (κ3) is 7.53. The Hall–Kier alpha value is -0.610. The van der Waals surface area contributed by atoms with Crippen LogP contribution in [-0.2, 0) is 9.53 Å². The van der Waals surface area contributed by atoms with Crippen LogP contribution in [0.25, 0.3) is 0 Å². The summed E-state index contributed by atoms with van der Waals surface area (Å²) in [6.07, 6.45) is 4.65. The van der Waals surface area contributed by atoms with Crippen LogP contribution in [0.1, 0.15) is 53.4 Å². The smallest absolute Gasteiger partial charge is 0.327 e. The van der Waals surface area contributed by atoms with Gasteiger partial charge < -0.3 is 15.0 Å². The molecule has 1 atom stereocenters. The lowest BCUT2D eigenvalue weighted by atomic mass is 10.0. The Morgan fingerprint density at radius 1 is 1.21 bits per heavy atom. The third-order valence-electron chi connectivity index (χ3n) is 3.22. The van der Waals surface area contributed by atoms with Gasteiger partial charge in [-0.25, -0.2) is 0 Å². The number of ether oxygens (including phenoxy) is 1. The molecule has 0 aliphatic rings. The first-order chi connectivity index (χ1) is 9.00. The molecular formula is C15H32N2O2. The van der Waals surface area contributed by atoms with E-state index in [2.05, 4.69) is 31.1 Å². The molecule has 19 heavy (non-hydrogen) atoms. The van der Waals surface area contributed by atoms with Crippen molar-refractivity contribution < 1.29 is 9.53 Å². The molecule has 0 spiro atoms. The fourth-order valence-electron chi connectivity index (χ4n) is 2.13. The van der Waals surface area contributed by atoms with E-state index in [-0.39, 0.29) is 5.97 Å². The lowest BCUT2D eigenvalue weighted by Crippen LogP contribution is -2.57. The Kier molecular flexibility index (Phi) is 9.88.